The first kappa shape index (κ1) is 16.0. The average Bonchev–Trinajstić information content (AvgIpc) is 3.10. The van der Waals surface area contributed by atoms with E-state index in [9.17, 15) is 10.2 Å². The number of hydrogen-bond acceptors (Lipinski definition) is 5. The van der Waals surface area contributed by atoms with Crippen LogP contribution in [-0.2, 0) is 13.6 Å². The smallest absolute Gasteiger partial charge is 0.118 e. The number of aromatic nitrogens is 2. The molecule has 1 aliphatic rings. The molecule has 23 heavy (non-hydrogen) atoms. The van der Waals surface area contributed by atoms with Crippen LogP contribution in [0.3, 0.4) is 0 Å². The fraction of sp³-hybridized carbons (Fsp3) is 0.471. The zero-order chi connectivity index (χ0) is 16.4. The average molecular weight is 317 g/mol. The maximum Gasteiger partial charge on any atom is 0.118 e. The maximum atomic E-state index is 10.3. The molecular weight excluding hydrogens is 294 g/mol. The van der Waals surface area contributed by atoms with Crippen LogP contribution >= 0.6 is 0 Å². The Morgan fingerprint density at radius 1 is 1.30 bits per heavy atom. The summed E-state index contributed by atoms with van der Waals surface area (Å²) in [6, 6.07) is 7.61. The van der Waals surface area contributed by atoms with Crippen molar-refractivity contribution < 1.29 is 14.9 Å². The molecule has 0 aliphatic heterocycles. The zero-order valence-electron chi connectivity index (χ0n) is 13.4. The highest BCUT2D eigenvalue weighted by atomic mass is 16.5. The minimum absolute atomic E-state index is 0.0579. The van der Waals surface area contributed by atoms with E-state index in [1.165, 1.54) is 0 Å². The Hall–Kier alpha value is -1.89. The van der Waals surface area contributed by atoms with Gasteiger partial charge in [-0.05, 0) is 24.1 Å². The lowest BCUT2D eigenvalue weighted by molar-refractivity contribution is 0.0297. The van der Waals surface area contributed by atoms with Gasteiger partial charge in [-0.15, -0.1) is 0 Å². The number of aryl methyl sites for hydroxylation is 1. The lowest BCUT2D eigenvalue weighted by Crippen LogP contribution is -2.41. The van der Waals surface area contributed by atoms with E-state index in [2.05, 4.69) is 10.4 Å². The number of benzene rings is 1. The number of aliphatic hydroxyl groups is 2. The van der Waals surface area contributed by atoms with Gasteiger partial charge in [-0.1, -0.05) is 12.1 Å². The molecule has 2 aromatic rings. The first-order valence-electron chi connectivity index (χ1n) is 7.79. The molecule has 3 rings (SSSR count). The molecule has 4 atom stereocenters. The van der Waals surface area contributed by atoms with Crippen LogP contribution in [0, 0.1) is 0 Å². The van der Waals surface area contributed by atoms with Crippen LogP contribution in [0.2, 0.25) is 0 Å². The van der Waals surface area contributed by atoms with E-state index in [-0.39, 0.29) is 12.0 Å². The van der Waals surface area contributed by atoms with E-state index in [0.29, 0.717) is 13.0 Å². The van der Waals surface area contributed by atoms with Gasteiger partial charge in [0.25, 0.3) is 0 Å². The van der Waals surface area contributed by atoms with Crippen LogP contribution in [0.25, 0.3) is 0 Å². The number of methoxy groups -OCH3 is 1. The van der Waals surface area contributed by atoms with E-state index in [1.807, 2.05) is 37.5 Å². The van der Waals surface area contributed by atoms with E-state index >= 15 is 0 Å². The highest BCUT2D eigenvalue weighted by molar-refractivity contribution is 5.32. The molecule has 124 valence electrons. The summed E-state index contributed by atoms with van der Waals surface area (Å²) >= 11 is 0. The number of rotatable bonds is 5. The molecule has 0 spiro atoms. The monoisotopic (exact) mass is 317 g/mol. The molecule has 1 aromatic carbocycles. The first-order valence-corrected chi connectivity index (χ1v) is 7.79. The van der Waals surface area contributed by atoms with Crippen LogP contribution in [0.5, 0.6) is 5.75 Å². The summed E-state index contributed by atoms with van der Waals surface area (Å²) < 4.78 is 6.93. The van der Waals surface area contributed by atoms with E-state index < -0.39 is 12.2 Å². The summed E-state index contributed by atoms with van der Waals surface area (Å²) in [5, 5.41) is 27.9. The Balaban J connectivity index is 1.74. The number of hydrogen-bond donors (Lipinski definition) is 3. The summed E-state index contributed by atoms with van der Waals surface area (Å²) in [6.45, 7) is 0.606. The lowest BCUT2D eigenvalue weighted by atomic mass is 9.93. The van der Waals surface area contributed by atoms with Crippen molar-refractivity contribution in [2.24, 2.45) is 7.05 Å². The minimum Gasteiger partial charge on any atom is -0.497 e. The molecule has 0 unspecified atom stereocenters. The molecule has 1 fully saturated rings. The third kappa shape index (κ3) is 3.39. The van der Waals surface area contributed by atoms with Crippen molar-refractivity contribution in [3.8, 4) is 5.75 Å². The quantitative estimate of drug-likeness (QED) is 0.760. The van der Waals surface area contributed by atoms with Gasteiger partial charge >= 0.3 is 0 Å². The molecule has 0 radical (unpaired) electrons. The molecule has 1 aromatic heterocycles. The first-order chi connectivity index (χ1) is 11.1. The van der Waals surface area contributed by atoms with E-state index in [4.69, 9.17) is 4.74 Å². The fourth-order valence-electron chi connectivity index (χ4n) is 3.28. The topological polar surface area (TPSA) is 79.5 Å². The van der Waals surface area contributed by atoms with Crippen LogP contribution in [-0.4, -0.2) is 45.4 Å². The Bertz CT molecular complexity index is 641. The van der Waals surface area contributed by atoms with E-state index in [1.54, 1.807) is 18.0 Å². The largest absolute Gasteiger partial charge is 0.497 e. The van der Waals surface area contributed by atoms with Gasteiger partial charge in [0.15, 0.2) is 0 Å². The third-order valence-electron chi connectivity index (χ3n) is 4.54. The van der Waals surface area contributed by atoms with Gasteiger partial charge in [0.2, 0.25) is 0 Å². The summed E-state index contributed by atoms with van der Waals surface area (Å²) in [5.74, 6) is 0.857. The van der Waals surface area contributed by atoms with E-state index in [0.717, 1.165) is 16.9 Å². The van der Waals surface area contributed by atoms with Gasteiger partial charge in [-0.2, -0.15) is 5.10 Å². The van der Waals surface area contributed by atoms with Crippen LogP contribution in [0.1, 0.15) is 23.5 Å². The molecule has 1 aliphatic carbocycles. The van der Waals surface area contributed by atoms with Crippen molar-refractivity contribution in [3.05, 3.63) is 47.8 Å². The highest BCUT2D eigenvalue weighted by Crippen LogP contribution is 2.36. The second kappa shape index (κ2) is 6.70. The summed E-state index contributed by atoms with van der Waals surface area (Å²) in [5.41, 5.74) is 2.14. The molecule has 0 bridgehead atoms. The van der Waals surface area contributed by atoms with Crippen molar-refractivity contribution in [1.82, 2.24) is 15.1 Å². The molecule has 3 N–H and O–H groups in total. The van der Waals surface area contributed by atoms with Crippen molar-refractivity contribution in [3.63, 3.8) is 0 Å². The lowest BCUT2D eigenvalue weighted by Gasteiger charge is -2.24. The SMILES string of the molecule is COc1ccc([C@H]2C[C@@H](O)[C@@H](O)[C@@H]2NCc2cnn(C)c2)cc1. The predicted octanol–water partition coefficient (Wildman–Crippen LogP) is 0.796. The van der Waals surface area contributed by atoms with Crippen molar-refractivity contribution >= 4 is 0 Å². The Morgan fingerprint density at radius 3 is 2.65 bits per heavy atom. The number of nitrogens with zero attached hydrogens (tertiary/aromatic N) is 2. The van der Waals surface area contributed by atoms with Gasteiger partial charge in [-0.3, -0.25) is 4.68 Å². The van der Waals surface area contributed by atoms with Crippen LogP contribution < -0.4 is 10.1 Å². The molecule has 6 heteroatoms. The number of aliphatic hydroxyl groups excluding tert-OH is 2. The Labute approximate surface area is 135 Å². The minimum atomic E-state index is -0.779. The van der Waals surface area contributed by atoms with Gasteiger partial charge in [0.05, 0.1) is 25.5 Å². The predicted molar refractivity (Wildman–Crippen MR) is 86.2 cm³/mol. The van der Waals surface area contributed by atoms with Crippen LogP contribution in [0.4, 0.5) is 0 Å². The molecule has 1 saturated carbocycles. The molecule has 6 nitrogen and oxygen atoms in total. The van der Waals surface area contributed by atoms with Crippen LogP contribution in [0.15, 0.2) is 36.7 Å². The molecular formula is C17H23N3O3. The van der Waals surface area contributed by atoms with Gasteiger partial charge in [0, 0.05) is 37.3 Å². The van der Waals surface area contributed by atoms with Crippen molar-refractivity contribution in [2.45, 2.75) is 37.1 Å². The maximum absolute atomic E-state index is 10.3. The van der Waals surface area contributed by atoms with Crippen molar-refractivity contribution in [2.75, 3.05) is 7.11 Å². The molecule has 0 saturated heterocycles. The standard InChI is InChI=1S/C17H23N3O3/c1-20-10-11(9-19-20)8-18-16-14(7-15(21)17(16)22)12-3-5-13(23-2)6-4-12/h3-6,9-10,14-18,21-22H,7-8H2,1-2H3/t14-,15-,16-,17-/m1/s1. The molecule has 1 heterocycles. The normalized spacial score (nSPS) is 27.3. The second-order valence-corrected chi connectivity index (χ2v) is 6.10. The van der Waals surface area contributed by atoms with Gasteiger partial charge in [-0.25, -0.2) is 0 Å². The fourth-order valence-corrected chi connectivity index (χ4v) is 3.28. The summed E-state index contributed by atoms with van der Waals surface area (Å²) in [4.78, 5) is 0. The number of ether oxygens (including phenoxy) is 1. The van der Waals surface area contributed by atoms with Gasteiger partial charge in [0.1, 0.15) is 5.75 Å². The van der Waals surface area contributed by atoms with Crippen molar-refractivity contribution in [1.29, 1.82) is 0 Å². The Morgan fingerprint density at radius 2 is 2.04 bits per heavy atom. The van der Waals surface area contributed by atoms with Gasteiger partial charge < -0.3 is 20.3 Å². The summed E-state index contributed by atoms with van der Waals surface area (Å²) in [6.07, 6.45) is 2.78. The second-order valence-electron chi connectivity index (χ2n) is 6.10. The zero-order valence-corrected chi connectivity index (χ0v) is 13.4. The highest BCUT2D eigenvalue weighted by Gasteiger charge is 2.41. The summed E-state index contributed by atoms with van der Waals surface area (Å²) in [7, 11) is 3.51. The third-order valence-corrected chi connectivity index (χ3v) is 4.54. The number of nitrogens with one attached hydrogen (secondary N) is 1. The molecule has 0 amide bonds. The Kier molecular flexibility index (Phi) is 4.66.